The van der Waals surface area contributed by atoms with Crippen molar-refractivity contribution in [3.05, 3.63) is 93.2 Å². The maximum Gasteiger partial charge on any atom is 0.270 e. The van der Waals surface area contributed by atoms with Crippen LogP contribution in [0.15, 0.2) is 76.7 Å². The molecule has 0 amide bonds. The summed E-state index contributed by atoms with van der Waals surface area (Å²) in [6, 6.07) is 15.0. The third-order valence-corrected chi connectivity index (χ3v) is 5.57. The molecular weight excluding hydrogens is 435 g/mol. The molecule has 0 aliphatic rings. The average Bonchev–Trinajstić information content (AvgIpc) is 2.69. The Bertz CT molecular complexity index is 1230. The highest BCUT2D eigenvalue weighted by atomic mass is 35.5. The van der Waals surface area contributed by atoms with Gasteiger partial charge in [0, 0.05) is 12.1 Å². The summed E-state index contributed by atoms with van der Waals surface area (Å²) in [6.45, 7) is 0. The van der Waals surface area contributed by atoms with Gasteiger partial charge in [0.05, 0.1) is 27.5 Å². The summed E-state index contributed by atoms with van der Waals surface area (Å²) in [5.74, 6) is -0.457. The molecule has 0 aliphatic carbocycles. The van der Waals surface area contributed by atoms with Crippen molar-refractivity contribution < 1.29 is 17.7 Å². The topological polar surface area (TPSA) is 114 Å². The van der Waals surface area contributed by atoms with Crippen LogP contribution in [-0.4, -0.2) is 19.6 Å². The SMILES string of the molecule is O=[N+]([O-])c1ccc(NN=Cc2cccc(F)c2)c(S(=O)(=O)Nc2ccccc2Cl)c1. The highest BCUT2D eigenvalue weighted by molar-refractivity contribution is 7.93. The molecule has 0 atom stereocenters. The minimum Gasteiger partial charge on any atom is -0.278 e. The van der Waals surface area contributed by atoms with Crippen LogP contribution in [0.3, 0.4) is 0 Å². The fourth-order valence-electron chi connectivity index (χ4n) is 2.45. The molecule has 11 heteroatoms. The van der Waals surface area contributed by atoms with E-state index in [9.17, 15) is 22.9 Å². The predicted molar refractivity (Wildman–Crippen MR) is 113 cm³/mol. The van der Waals surface area contributed by atoms with Crippen molar-refractivity contribution in [1.82, 2.24) is 0 Å². The van der Waals surface area contributed by atoms with Gasteiger partial charge in [-0.3, -0.25) is 20.3 Å². The van der Waals surface area contributed by atoms with Crippen molar-refractivity contribution in [2.75, 3.05) is 10.1 Å². The molecule has 0 spiro atoms. The van der Waals surface area contributed by atoms with Crippen LogP contribution in [0.1, 0.15) is 5.56 Å². The molecule has 8 nitrogen and oxygen atoms in total. The average molecular weight is 449 g/mol. The smallest absolute Gasteiger partial charge is 0.270 e. The summed E-state index contributed by atoms with van der Waals surface area (Å²) >= 11 is 6.00. The number of nitrogens with zero attached hydrogens (tertiary/aromatic N) is 2. The van der Waals surface area contributed by atoms with Gasteiger partial charge in [-0.15, -0.1) is 0 Å². The number of benzene rings is 3. The number of hydrogen-bond acceptors (Lipinski definition) is 6. The van der Waals surface area contributed by atoms with Crippen LogP contribution in [0.2, 0.25) is 5.02 Å². The molecule has 3 aromatic carbocycles. The number of nitro benzene ring substituents is 1. The molecule has 3 rings (SSSR count). The van der Waals surface area contributed by atoms with E-state index in [0.29, 0.717) is 5.56 Å². The molecule has 0 saturated carbocycles. The number of nitro groups is 1. The molecule has 154 valence electrons. The number of hydrogen-bond donors (Lipinski definition) is 2. The minimum absolute atomic E-state index is 0.0205. The van der Waals surface area contributed by atoms with E-state index in [1.54, 1.807) is 18.2 Å². The number of hydrazone groups is 1. The van der Waals surface area contributed by atoms with Crippen molar-refractivity contribution in [3.63, 3.8) is 0 Å². The van der Waals surface area contributed by atoms with Gasteiger partial charge < -0.3 is 0 Å². The number of anilines is 2. The largest absolute Gasteiger partial charge is 0.278 e. The number of halogens is 2. The van der Waals surface area contributed by atoms with E-state index < -0.39 is 31.3 Å². The lowest BCUT2D eigenvalue weighted by Crippen LogP contribution is -2.15. The van der Waals surface area contributed by atoms with Gasteiger partial charge in [0.2, 0.25) is 0 Å². The van der Waals surface area contributed by atoms with Crippen molar-refractivity contribution in [2.24, 2.45) is 5.10 Å². The van der Waals surface area contributed by atoms with Gasteiger partial charge in [-0.25, -0.2) is 12.8 Å². The lowest BCUT2D eigenvalue weighted by molar-refractivity contribution is -0.385. The van der Waals surface area contributed by atoms with E-state index in [1.165, 1.54) is 42.6 Å². The van der Waals surface area contributed by atoms with Crippen LogP contribution in [-0.2, 0) is 10.0 Å². The summed E-state index contributed by atoms with van der Waals surface area (Å²) in [6.07, 6.45) is 1.28. The standard InChI is InChI=1S/C19H14ClFN4O4S/c20-16-6-1-2-7-17(16)24-30(28,29)19-11-15(25(26)27)8-9-18(19)23-22-12-13-4-3-5-14(21)10-13/h1-12,23-24H. The Balaban J connectivity index is 1.96. The van der Waals surface area contributed by atoms with E-state index in [-0.39, 0.29) is 16.4 Å². The number of non-ortho nitro benzene ring substituents is 1. The fraction of sp³-hybridized carbons (Fsp3) is 0. The molecule has 0 aliphatic heterocycles. The van der Waals surface area contributed by atoms with Gasteiger partial charge in [0.15, 0.2) is 0 Å². The van der Waals surface area contributed by atoms with Gasteiger partial charge in [0.25, 0.3) is 15.7 Å². The fourth-order valence-corrected chi connectivity index (χ4v) is 3.94. The van der Waals surface area contributed by atoms with E-state index in [0.717, 1.165) is 12.1 Å². The Morgan fingerprint density at radius 2 is 1.80 bits per heavy atom. The van der Waals surface area contributed by atoms with Gasteiger partial charge >= 0.3 is 0 Å². The number of para-hydroxylation sites is 1. The molecule has 0 heterocycles. The van der Waals surface area contributed by atoms with Crippen LogP contribution in [0, 0.1) is 15.9 Å². The third kappa shape index (κ3) is 5.10. The van der Waals surface area contributed by atoms with Gasteiger partial charge in [-0.05, 0) is 35.9 Å². The maximum absolute atomic E-state index is 13.3. The van der Waals surface area contributed by atoms with Crippen LogP contribution in [0.5, 0.6) is 0 Å². The zero-order valence-corrected chi connectivity index (χ0v) is 16.7. The Labute approximate surface area is 176 Å². The molecule has 0 bridgehead atoms. The number of nitrogens with one attached hydrogen (secondary N) is 2. The van der Waals surface area contributed by atoms with Crippen molar-refractivity contribution in [3.8, 4) is 0 Å². The Kier molecular flexibility index (Phi) is 6.28. The molecule has 2 N–H and O–H groups in total. The van der Waals surface area contributed by atoms with Crippen molar-refractivity contribution in [1.29, 1.82) is 0 Å². The van der Waals surface area contributed by atoms with Crippen LogP contribution >= 0.6 is 11.6 Å². The Morgan fingerprint density at radius 3 is 2.50 bits per heavy atom. The summed E-state index contributed by atoms with van der Waals surface area (Å²) in [7, 11) is -4.26. The van der Waals surface area contributed by atoms with Gasteiger partial charge in [-0.1, -0.05) is 35.9 Å². The van der Waals surface area contributed by atoms with E-state index >= 15 is 0 Å². The number of sulfonamides is 1. The summed E-state index contributed by atoms with van der Waals surface area (Å²) in [4.78, 5) is 10.00. The summed E-state index contributed by atoms with van der Waals surface area (Å²) in [5.41, 5.74) is 2.63. The minimum atomic E-state index is -4.26. The zero-order chi connectivity index (χ0) is 21.7. The summed E-state index contributed by atoms with van der Waals surface area (Å²) in [5, 5.41) is 15.2. The molecule has 0 radical (unpaired) electrons. The van der Waals surface area contributed by atoms with Gasteiger partial charge in [0.1, 0.15) is 10.7 Å². The third-order valence-electron chi connectivity index (χ3n) is 3.83. The molecule has 0 aromatic heterocycles. The Morgan fingerprint density at radius 1 is 1.03 bits per heavy atom. The zero-order valence-electron chi connectivity index (χ0n) is 15.1. The van der Waals surface area contributed by atoms with E-state index in [2.05, 4.69) is 15.2 Å². The first-order valence-corrected chi connectivity index (χ1v) is 10.2. The molecule has 30 heavy (non-hydrogen) atoms. The number of rotatable bonds is 7. The molecule has 0 fully saturated rings. The van der Waals surface area contributed by atoms with Crippen LogP contribution in [0.25, 0.3) is 0 Å². The molecular formula is C19H14ClFN4O4S. The lowest BCUT2D eigenvalue weighted by Gasteiger charge is -2.12. The second kappa shape index (κ2) is 8.89. The second-order valence-electron chi connectivity index (χ2n) is 5.95. The molecule has 0 unspecified atom stereocenters. The monoisotopic (exact) mass is 448 g/mol. The molecule has 0 saturated heterocycles. The van der Waals surface area contributed by atoms with Gasteiger partial charge in [-0.2, -0.15) is 5.10 Å². The second-order valence-corrected chi connectivity index (χ2v) is 8.01. The lowest BCUT2D eigenvalue weighted by atomic mass is 10.2. The quantitative estimate of drug-likeness (QED) is 0.310. The predicted octanol–water partition coefficient (Wildman–Crippen LogP) is 4.63. The van der Waals surface area contributed by atoms with Crippen molar-refractivity contribution >= 4 is 44.9 Å². The normalized spacial score (nSPS) is 11.4. The van der Waals surface area contributed by atoms with Crippen LogP contribution < -0.4 is 10.1 Å². The first-order valence-electron chi connectivity index (χ1n) is 8.37. The van der Waals surface area contributed by atoms with Crippen LogP contribution in [0.4, 0.5) is 21.5 Å². The molecule has 3 aromatic rings. The van der Waals surface area contributed by atoms with E-state index in [1.807, 2.05) is 0 Å². The van der Waals surface area contributed by atoms with Crippen molar-refractivity contribution in [2.45, 2.75) is 4.90 Å². The maximum atomic E-state index is 13.3. The first-order chi connectivity index (χ1) is 14.3. The highest BCUT2D eigenvalue weighted by Gasteiger charge is 2.23. The first kappa shape index (κ1) is 21.2. The highest BCUT2D eigenvalue weighted by Crippen LogP contribution is 2.30. The Hall–Kier alpha value is -3.50. The van der Waals surface area contributed by atoms with E-state index in [4.69, 9.17) is 11.6 Å². The summed E-state index contributed by atoms with van der Waals surface area (Å²) < 4.78 is 41.3.